The van der Waals surface area contributed by atoms with Crippen LogP contribution in [0.15, 0.2) is 0 Å². The van der Waals surface area contributed by atoms with E-state index >= 15 is 0 Å². The van der Waals surface area contributed by atoms with Crippen molar-refractivity contribution in [3.8, 4) is 0 Å². The number of aromatic nitrogens is 1. The van der Waals surface area contributed by atoms with Crippen molar-refractivity contribution < 1.29 is 9.37 Å². The molecule has 0 spiro atoms. The number of likely N-dealkylation sites (N-methyl/N-ethyl adjacent to an activating group) is 1. The normalized spacial score (nSPS) is 10.8. The van der Waals surface area contributed by atoms with Gasteiger partial charge in [-0.3, -0.25) is 4.79 Å². The van der Waals surface area contributed by atoms with Gasteiger partial charge in [0.2, 0.25) is 0 Å². The Morgan fingerprint density at radius 1 is 1.29 bits per heavy atom. The number of hydrogen-bond donors (Lipinski definition) is 2. The molecule has 0 saturated carbocycles. The van der Waals surface area contributed by atoms with Gasteiger partial charge in [0.05, 0.1) is 5.56 Å². The number of rotatable bonds is 7. The molecule has 5 heteroatoms. The minimum absolute atomic E-state index is 0.00631. The van der Waals surface area contributed by atoms with Crippen molar-refractivity contribution in [1.29, 1.82) is 0 Å². The molecule has 0 aliphatic carbocycles. The highest BCUT2D eigenvalue weighted by Crippen LogP contribution is 2.16. The van der Waals surface area contributed by atoms with Crippen molar-refractivity contribution in [2.45, 2.75) is 27.7 Å². The number of carbonyl (C=O) groups is 1. The van der Waals surface area contributed by atoms with Gasteiger partial charge in [0, 0.05) is 18.8 Å². The van der Waals surface area contributed by atoms with Gasteiger partial charge in [-0.05, 0) is 32.5 Å². The Bertz CT molecular complexity index is 509. The van der Waals surface area contributed by atoms with Crippen molar-refractivity contribution in [1.82, 2.24) is 15.2 Å². The summed E-state index contributed by atoms with van der Waals surface area (Å²) >= 11 is 0. The third-order valence-electron chi connectivity index (χ3n) is 3.70. The first-order valence-electron chi connectivity index (χ1n) is 7.61. The first-order chi connectivity index (χ1) is 9.90. The van der Waals surface area contributed by atoms with Crippen LogP contribution in [0.5, 0.6) is 0 Å². The maximum atomic E-state index is 12.4. The average Bonchev–Trinajstić information content (AvgIpc) is 2.68. The number of H-pyrrole nitrogens is 1. The quantitative estimate of drug-likeness (QED) is 0.590. The van der Waals surface area contributed by atoms with Gasteiger partial charge < -0.3 is 15.2 Å². The van der Waals surface area contributed by atoms with Gasteiger partial charge in [0.25, 0.3) is 5.91 Å². The highest BCUT2D eigenvalue weighted by atomic mass is 16.1. The van der Waals surface area contributed by atoms with Gasteiger partial charge in [-0.15, -0.1) is 0 Å². The van der Waals surface area contributed by atoms with Crippen LogP contribution < -0.4 is 5.32 Å². The van der Waals surface area contributed by atoms with Crippen molar-refractivity contribution in [2.75, 3.05) is 40.3 Å². The Labute approximate surface area is 128 Å². The molecule has 0 fully saturated rings. The van der Waals surface area contributed by atoms with Crippen molar-refractivity contribution in [2.24, 2.45) is 0 Å². The summed E-state index contributed by atoms with van der Waals surface area (Å²) in [6.07, 6.45) is 2.00. The topological polar surface area (TPSA) is 51.1 Å². The lowest BCUT2D eigenvalue weighted by Crippen LogP contribution is -2.35. The summed E-state index contributed by atoms with van der Waals surface area (Å²) in [7, 11) is 3.94. The smallest absolute Gasteiger partial charge is 0.253 e. The Morgan fingerprint density at radius 2 is 1.90 bits per heavy atom. The van der Waals surface area contributed by atoms with Gasteiger partial charge in [-0.2, -0.15) is 0 Å². The van der Waals surface area contributed by atoms with E-state index in [9.17, 15) is 4.79 Å². The largest absolute Gasteiger partial charge is 0.353 e. The number of carbonyl (C=O) groups excluding carboxylic acids is 1. The van der Waals surface area contributed by atoms with Crippen LogP contribution in [0.25, 0.3) is 0 Å². The van der Waals surface area contributed by atoms with E-state index in [2.05, 4.69) is 29.0 Å². The number of aryl methyl sites for hydroxylation is 1. The van der Waals surface area contributed by atoms with E-state index in [1.807, 2.05) is 38.7 Å². The molecular weight excluding hydrogens is 264 g/mol. The molecule has 0 radical (unpaired) electrons. The Morgan fingerprint density at radius 3 is 2.43 bits per heavy atom. The molecule has 1 aromatic heterocycles. The summed E-state index contributed by atoms with van der Waals surface area (Å²) in [6, 6.07) is 0. The lowest BCUT2D eigenvalue weighted by atomic mass is 10.1. The molecule has 0 aromatic carbocycles. The van der Waals surface area contributed by atoms with Crippen LogP contribution in [0.2, 0.25) is 0 Å². The van der Waals surface area contributed by atoms with Gasteiger partial charge in [0.15, 0.2) is 6.21 Å². The van der Waals surface area contributed by atoms with Crippen molar-refractivity contribution in [3.05, 3.63) is 22.5 Å². The van der Waals surface area contributed by atoms with E-state index in [4.69, 9.17) is 0 Å². The molecule has 1 aromatic rings. The van der Waals surface area contributed by atoms with Gasteiger partial charge in [0.1, 0.15) is 19.8 Å². The molecule has 0 aliphatic heterocycles. The third kappa shape index (κ3) is 4.70. The Hall–Kier alpha value is -1.62. The SMILES string of the molecule is CCN(CC)CCNC(=O)c1c(C)[nH]c(C=[N+](C)C)c1C. The first kappa shape index (κ1) is 17.4. The van der Waals surface area contributed by atoms with E-state index < -0.39 is 0 Å². The predicted octanol–water partition coefficient (Wildman–Crippen LogP) is 1.39. The zero-order chi connectivity index (χ0) is 16.0. The maximum Gasteiger partial charge on any atom is 0.253 e. The minimum Gasteiger partial charge on any atom is -0.353 e. The zero-order valence-corrected chi connectivity index (χ0v) is 14.2. The van der Waals surface area contributed by atoms with Crippen LogP contribution in [-0.4, -0.2) is 66.9 Å². The maximum absolute atomic E-state index is 12.4. The summed E-state index contributed by atoms with van der Waals surface area (Å²) in [5.74, 6) is 0.00631. The molecule has 1 rings (SSSR count). The van der Waals surface area contributed by atoms with E-state index in [1.165, 1.54) is 0 Å². The second-order valence-corrected chi connectivity index (χ2v) is 5.54. The molecule has 0 atom stereocenters. The number of amides is 1. The Kier molecular flexibility index (Phi) is 6.62. The highest BCUT2D eigenvalue weighted by molar-refractivity contribution is 5.99. The van der Waals surface area contributed by atoms with E-state index in [-0.39, 0.29) is 5.91 Å². The molecule has 118 valence electrons. The number of nitrogens with one attached hydrogen (secondary N) is 2. The van der Waals surface area contributed by atoms with Crippen LogP contribution in [0.4, 0.5) is 0 Å². The summed E-state index contributed by atoms with van der Waals surface area (Å²) < 4.78 is 1.97. The van der Waals surface area contributed by atoms with Crippen LogP contribution in [0.3, 0.4) is 0 Å². The third-order valence-corrected chi connectivity index (χ3v) is 3.70. The van der Waals surface area contributed by atoms with Crippen LogP contribution in [0, 0.1) is 13.8 Å². The molecule has 0 unspecified atom stereocenters. The van der Waals surface area contributed by atoms with Crippen molar-refractivity contribution >= 4 is 12.1 Å². The standard InChI is InChI=1S/C16H28N4O/c1-7-20(8-2)10-9-17-16(21)15-12(3)14(11-19(5)6)18-13(15)4/h11H,7-10H2,1-6H3,(H,17,21)/p+1. The number of hydrogen-bond acceptors (Lipinski definition) is 2. The van der Waals surface area contributed by atoms with Gasteiger partial charge in [-0.25, -0.2) is 4.58 Å². The second-order valence-electron chi connectivity index (χ2n) is 5.54. The fraction of sp³-hybridized carbons (Fsp3) is 0.625. The van der Waals surface area contributed by atoms with Crippen molar-refractivity contribution in [3.63, 3.8) is 0 Å². The minimum atomic E-state index is 0.00631. The summed E-state index contributed by atoms with van der Waals surface area (Å²) in [6.45, 7) is 11.8. The fourth-order valence-corrected chi connectivity index (χ4v) is 2.46. The molecule has 21 heavy (non-hydrogen) atoms. The van der Waals surface area contributed by atoms with Gasteiger partial charge >= 0.3 is 0 Å². The molecule has 2 N–H and O–H groups in total. The van der Waals surface area contributed by atoms with Gasteiger partial charge in [-0.1, -0.05) is 13.8 Å². The van der Waals surface area contributed by atoms with Crippen LogP contribution >= 0.6 is 0 Å². The lowest BCUT2D eigenvalue weighted by molar-refractivity contribution is -0.458. The molecule has 0 bridgehead atoms. The summed E-state index contributed by atoms with van der Waals surface area (Å²) in [5.41, 5.74) is 3.68. The van der Waals surface area contributed by atoms with Crippen LogP contribution in [0.1, 0.15) is 41.2 Å². The first-order valence-corrected chi connectivity index (χ1v) is 7.61. The monoisotopic (exact) mass is 293 g/mol. The van der Waals surface area contributed by atoms with E-state index in [0.717, 1.165) is 42.1 Å². The molecule has 0 saturated heterocycles. The zero-order valence-electron chi connectivity index (χ0n) is 14.2. The molecule has 1 heterocycles. The fourth-order valence-electron chi connectivity index (χ4n) is 2.46. The molecule has 5 nitrogen and oxygen atoms in total. The van der Waals surface area contributed by atoms with Crippen LogP contribution in [-0.2, 0) is 0 Å². The predicted molar refractivity (Wildman–Crippen MR) is 87.7 cm³/mol. The molecule has 1 amide bonds. The molecular formula is C16H29N4O+. The summed E-state index contributed by atoms with van der Waals surface area (Å²) in [5, 5.41) is 3.02. The molecule has 0 aliphatic rings. The number of nitrogens with zero attached hydrogens (tertiary/aromatic N) is 2. The lowest BCUT2D eigenvalue weighted by Gasteiger charge is -2.18. The average molecular weight is 293 g/mol. The summed E-state index contributed by atoms with van der Waals surface area (Å²) in [4.78, 5) is 17.9. The number of aromatic amines is 1. The van der Waals surface area contributed by atoms with E-state index in [1.54, 1.807) is 0 Å². The van der Waals surface area contributed by atoms with E-state index in [0.29, 0.717) is 6.54 Å². The second kappa shape index (κ2) is 7.98. The Balaban J connectivity index is 2.75. The highest BCUT2D eigenvalue weighted by Gasteiger charge is 2.18.